The first-order valence-electron chi connectivity index (χ1n) is 4.23. The lowest BCUT2D eigenvalue weighted by Gasteiger charge is -1.97. The van der Waals surface area contributed by atoms with Crippen LogP contribution in [-0.2, 0) is 11.2 Å². The molecule has 0 radical (unpaired) electrons. The molecule has 0 saturated carbocycles. The largest absolute Gasteiger partial charge is 0.302 e. The number of ketones is 1. The van der Waals surface area contributed by atoms with Crippen LogP contribution in [0.5, 0.6) is 0 Å². The maximum absolute atomic E-state index is 11.2. The number of benzene rings is 1. The van der Waals surface area contributed by atoms with Crippen molar-refractivity contribution in [2.45, 2.75) is 6.42 Å². The Hall–Kier alpha value is -1.64. The number of Topliss-reactive ketones (excluding diaryl/α,β-unsaturated/α-hetero) is 1. The number of hydrogen-bond donors (Lipinski definition) is 1. The summed E-state index contributed by atoms with van der Waals surface area (Å²) in [5, 5.41) is 3.93. The Kier molecular flexibility index (Phi) is 2.08. The van der Waals surface area contributed by atoms with Crippen molar-refractivity contribution in [1.29, 1.82) is 0 Å². The van der Waals surface area contributed by atoms with E-state index in [0.717, 1.165) is 5.56 Å². The molecule has 0 aliphatic carbocycles. The van der Waals surface area contributed by atoms with E-state index in [-0.39, 0.29) is 5.78 Å². The van der Waals surface area contributed by atoms with E-state index in [2.05, 4.69) is 10.5 Å². The van der Waals surface area contributed by atoms with Gasteiger partial charge in [-0.25, -0.2) is 0 Å². The fraction of sp³-hybridized carbons (Fsp3) is 0.200. The van der Waals surface area contributed by atoms with Crippen molar-refractivity contribution in [3.63, 3.8) is 0 Å². The van der Waals surface area contributed by atoms with Gasteiger partial charge in [0, 0.05) is 6.42 Å². The second-order valence-corrected chi connectivity index (χ2v) is 2.98. The zero-order valence-electron chi connectivity index (χ0n) is 7.16. The lowest BCUT2D eigenvalue weighted by Crippen LogP contribution is -2.15. The quantitative estimate of drug-likeness (QED) is 0.719. The summed E-state index contributed by atoms with van der Waals surface area (Å²) in [7, 11) is 0. The van der Waals surface area contributed by atoms with E-state index in [1.807, 2.05) is 30.3 Å². The van der Waals surface area contributed by atoms with Crippen LogP contribution < -0.4 is 5.43 Å². The van der Waals surface area contributed by atoms with E-state index in [9.17, 15) is 4.79 Å². The fourth-order valence-corrected chi connectivity index (χ4v) is 1.30. The smallest absolute Gasteiger partial charge is 0.199 e. The summed E-state index contributed by atoms with van der Waals surface area (Å²) in [5.41, 5.74) is 4.43. The van der Waals surface area contributed by atoms with Gasteiger partial charge in [0.2, 0.25) is 0 Å². The number of carbonyl (C=O) groups is 1. The first kappa shape index (κ1) is 7.98. The summed E-state index contributed by atoms with van der Waals surface area (Å²) in [4.78, 5) is 11.2. The molecule has 13 heavy (non-hydrogen) atoms. The van der Waals surface area contributed by atoms with Crippen molar-refractivity contribution < 1.29 is 4.79 Å². The van der Waals surface area contributed by atoms with E-state index >= 15 is 0 Å². The van der Waals surface area contributed by atoms with Crippen molar-refractivity contribution in [3.8, 4) is 0 Å². The van der Waals surface area contributed by atoms with Crippen LogP contribution in [-0.4, -0.2) is 18.0 Å². The molecule has 0 aromatic heterocycles. The Morgan fingerprint density at radius 3 is 2.69 bits per heavy atom. The summed E-state index contributed by atoms with van der Waals surface area (Å²) >= 11 is 0. The predicted molar refractivity (Wildman–Crippen MR) is 50.6 cm³/mol. The summed E-state index contributed by atoms with van der Waals surface area (Å²) in [6, 6.07) is 9.87. The first-order chi connectivity index (χ1) is 6.36. The van der Waals surface area contributed by atoms with Gasteiger partial charge in [-0.05, 0) is 5.56 Å². The van der Waals surface area contributed by atoms with Gasteiger partial charge in [-0.15, -0.1) is 0 Å². The highest BCUT2D eigenvalue weighted by Gasteiger charge is 2.16. The molecule has 3 heteroatoms. The minimum atomic E-state index is 0.101. The van der Waals surface area contributed by atoms with Gasteiger partial charge in [-0.1, -0.05) is 30.3 Å². The lowest BCUT2D eigenvalue weighted by atomic mass is 10.1. The van der Waals surface area contributed by atoms with Crippen LogP contribution in [0.2, 0.25) is 0 Å². The Morgan fingerprint density at radius 2 is 2.08 bits per heavy atom. The Labute approximate surface area is 76.5 Å². The van der Waals surface area contributed by atoms with E-state index in [1.54, 1.807) is 0 Å². The summed E-state index contributed by atoms with van der Waals surface area (Å²) in [6.07, 6.45) is 0.632. The summed E-state index contributed by atoms with van der Waals surface area (Å²) in [5.74, 6) is 0.101. The summed E-state index contributed by atoms with van der Waals surface area (Å²) < 4.78 is 0. The lowest BCUT2D eigenvalue weighted by molar-refractivity contribution is -0.111. The van der Waals surface area contributed by atoms with Crippen LogP contribution in [0.4, 0.5) is 0 Å². The molecule has 1 aliphatic rings. The molecule has 0 saturated heterocycles. The maximum Gasteiger partial charge on any atom is 0.199 e. The molecule has 1 heterocycles. The van der Waals surface area contributed by atoms with Crippen molar-refractivity contribution in [2.24, 2.45) is 5.10 Å². The van der Waals surface area contributed by atoms with E-state index in [1.165, 1.54) is 0 Å². The molecule has 0 unspecified atom stereocenters. The molecule has 1 aromatic rings. The molecule has 1 aromatic carbocycles. The molecule has 0 fully saturated rings. The predicted octanol–water partition coefficient (Wildman–Crippen LogP) is 0.757. The fourth-order valence-electron chi connectivity index (χ4n) is 1.30. The van der Waals surface area contributed by atoms with Crippen molar-refractivity contribution in [1.82, 2.24) is 5.43 Å². The van der Waals surface area contributed by atoms with Gasteiger partial charge in [0.25, 0.3) is 0 Å². The first-order valence-corrected chi connectivity index (χ1v) is 4.23. The van der Waals surface area contributed by atoms with Crippen LogP contribution in [0.15, 0.2) is 35.4 Å². The minimum absolute atomic E-state index is 0.101. The molecular formula is C10H10N2O. The van der Waals surface area contributed by atoms with Crippen molar-refractivity contribution >= 4 is 11.5 Å². The third-order valence-electron chi connectivity index (χ3n) is 1.99. The third kappa shape index (κ3) is 1.75. The molecular weight excluding hydrogens is 164 g/mol. The third-order valence-corrected chi connectivity index (χ3v) is 1.99. The molecule has 0 atom stereocenters. The van der Waals surface area contributed by atoms with Gasteiger partial charge in [0.05, 0.1) is 6.54 Å². The number of hydrogen-bond acceptors (Lipinski definition) is 3. The van der Waals surface area contributed by atoms with Crippen LogP contribution in [0.3, 0.4) is 0 Å². The number of rotatable bonds is 2. The van der Waals surface area contributed by atoms with Gasteiger partial charge in [0.15, 0.2) is 5.78 Å². The van der Waals surface area contributed by atoms with Crippen molar-refractivity contribution in [2.75, 3.05) is 6.54 Å². The zero-order valence-corrected chi connectivity index (χ0v) is 7.16. The average molecular weight is 174 g/mol. The molecule has 3 nitrogen and oxygen atoms in total. The van der Waals surface area contributed by atoms with Gasteiger partial charge in [0.1, 0.15) is 5.71 Å². The van der Waals surface area contributed by atoms with Crippen LogP contribution in [0.25, 0.3) is 0 Å². The molecule has 0 spiro atoms. The second kappa shape index (κ2) is 3.39. The van der Waals surface area contributed by atoms with Gasteiger partial charge < -0.3 is 5.43 Å². The number of nitrogens with zero attached hydrogens (tertiary/aromatic N) is 1. The molecule has 0 amide bonds. The van der Waals surface area contributed by atoms with E-state index in [0.29, 0.717) is 18.7 Å². The Balaban J connectivity index is 2.11. The molecule has 66 valence electrons. The van der Waals surface area contributed by atoms with E-state index in [4.69, 9.17) is 0 Å². The highest BCUT2D eigenvalue weighted by atomic mass is 16.1. The average Bonchev–Trinajstić information content (AvgIpc) is 2.54. The standard InChI is InChI=1S/C10H10N2O/c13-10-7-11-12-9(10)6-8-4-2-1-3-5-8/h1-5,11H,6-7H2. The highest BCUT2D eigenvalue weighted by Crippen LogP contribution is 2.03. The Morgan fingerprint density at radius 1 is 1.31 bits per heavy atom. The molecule has 2 rings (SSSR count). The van der Waals surface area contributed by atoms with Gasteiger partial charge in [-0.3, -0.25) is 4.79 Å². The van der Waals surface area contributed by atoms with Crippen LogP contribution in [0.1, 0.15) is 5.56 Å². The number of nitrogens with one attached hydrogen (secondary N) is 1. The van der Waals surface area contributed by atoms with Crippen molar-refractivity contribution in [3.05, 3.63) is 35.9 Å². The molecule has 1 N–H and O–H groups in total. The van der Waals surface area contributed by atoms with Gasteiger partial charge >= 0.3 is 0 Å². The SMILES string of the molecule is O=C1CNN=C1Cc1ccccc1. The van der Waals surface area contributed by atoms with Crippen LogP contribution in [0, 0.1) is 0 Å². The number of hydrazone groups is 1. The normalized spacial score (nSPS) is 15.4. The van der Waals surface area contributed by atoms with Gasteiger partial charge in [-0.2, -0.15) is 5.10 Å². The molecule has 1 aliphatic heterocycles. The highest BCUT2D eigenvalue weighted by molar-refractivity contribution is 6.42. The molecule has 0 bridgehead atoms. The second-order valence-electron chi connectivity index (χ2n) is 2.98. The number of carbonyl (C=O) groups excluding carboxylic acids is 1. The monoisotopic (exact) mass is 174 g/mol. The summed E-state index contributed by atoms with van der Waals surface area (Å²) in [6.45, 7) is 0.349. The topological polar surface area (TPSA) is 41.5 Å². The maximum atomic E-state index is 11.2. The minimum Gasteiger partial charge on any atom is -0.302 e. The Bertz CT molecular complexity index is 343. The zero-order chi connectivity index (χ0) is 9.10. The van der Waals surface area contributed by atoms with E-state index < -0.39 is 0 Å². The van der Waals surface area contributed by atoms with Crippen LogP contribution >= 0.6 is 0 Å².